The summed E-state index contributed by atoms with van der Waals surface area (Å²) in [5.41, 5.74) is 2.89. The van der Waals surface area contributed by atoms with Gasteiger partial charge in [0.1, 0.15) is 17.6 Å². The summed E-state index contributed by atoms with van der Waals surface area (Å²) in [7, 11) is -3.55. The van der Waals surface area contributed by atoms with Crippen LogP contribution in [0.3, 0.4) is 0 Å². The van der Waals surface area contributed by atoms with Gasteiger partial charge in [-0.15, -0.1) is 0 Å². The number of aromatic nitrogens is 2. The van der Waals surface area contributed by atoms with Crippen LogP contribution in [0.25, 0.3) is 0 Å². The quantitative estimate of drug-likeness (QED) is 0.263. The van der Waals surface area contributed by atoms with Crippen molar-refractivity contribution in [3.63, 3.8) is 0 Å². The SMILES string of the molecule is Cc1cnc(Nc2cc3c(cc2OC(C)C)CN([C@@H]2CN[C@H](C(=O)O)C2)C3=O)nc1Nc1ccccc1S(=O)(=O)C(C)C. The molecule has 12 nitrogen and oxygen atoms in total. The number of hydrogen-bond acceptors (Lipinski definition) is 10. The number of hydrogen-bond donors (Lipinski definition) is 4. The predicted octanol–water partition coefficient (Wildman–Crippen LogP) is 4.01. The summed E-state index contributed by atoms with van der Waals surface area (Å²) in [6.07, 6.45) is 1.80. The molecule has 2 atom stereocenters. The maximum Gasteiger partial charge on any atom is 0.320 e. The molecule has 2 aliphatic heterocycles. The van der Waals surface area contributed by atoms with Crippen LogP contribution in [0, 0.1) is 6.92 Å². The minimum Gasteiger partial charge on any atom is -0.489 e. The van der Waals surface area contributed by atoms with Gasteiger partial charge in [-0.3, -0.25) is 9.59 Å². The fourth-order valence-corrected chi connectivity index (χ4v) is 6.40. The van der Waals surface area contributed by atoms with Gasteiger partial charge in [0, 0.05) is 36.5 Å². The van der Waals surface area contributed by atoms with E-state index in [0.29, 0.717) is 53.6 Å². The van der Waals surface area contributed by atoms with Gasteiger partial charge in [0.15, 0.2) is 9.84 Å². The third-order valence-electron chi connectivity index (χ3n) is 7.53. The third kappa shape index (κ3) is 6.13. The van der Waals surface area contributed by atoms with Crippen molar-refractivity contribution in [3.8, 4) is 5.75 Å². The zero-order valence-corrected chi connectivity index (χ0v) is 25.5. The first-order valence-electron chi connectivity index (χ1n) is 14.2. The molecule has 1 saturated heterocycles. The molecule has 1 fully saturated rings. The Hall–Kier alpha value is -4.23. The lowest BCUT2D eigenvalue weighted by molar-refractivity contribution is -0.139. The lowest BCUT2D eigenvalue weighted by Crippen LogP contribution is -2.36. The Labute approximate surface area is 250 Å². The number of carbonyl (C=O) groups excluding carboxylic acids is 1. The van der Waals surface area contributed by atoms with E-state index < -0.39 is 27.1 Å². The van der Waals surface area contributed by atoms with Gasteiger partial charge in [-0.2, -0.15) is 4.98 Å². The van der Waals surface area contributed by atoms with Gasteiger partial charge in [-0.25, -0.2) is 13.4 Å². The van der Waals surface area contributed by atoms with Crippen LogP contribution in [0.1, 0.15) is 55.6 Å². The second kappa shape index (κ2) is 11.8. The van der Waals surface area contributed by atoms with E-state index in [0.717, 1.165) is 5.56 Å². The van der Waals surface area contributed by atoms with Gasteiger partial charge < -0.3 is 30.7 Å². The number of aryl methyl sites for hydroxylation is 1. The lowest BCUT2D eigenvalue weighted by atomic mass is 10.1. The number of sulfone groups is 1. The average molecular weight is 609 g/mol. The van der Waals surface area contributed by atoms with Crippen molar-refractivity contribution in [1.29, 1.82) is 0 Å². The van der Waals surface area contributed by atoms with Crippen molar-refractivity contribution in [2.24, 2.45) is 0 Å². The number of nitrogens with zero attached hydrogens (tertiary/aromatic N) is 3. The molecule has 13 heteroatoms. The van der Waals surface area contributed by atoms with E-state index in [2.05, 4.69) is 25.9 Å². The molecule has 0 spiro atoms. The van der Waals surface area contributed by atoms with Gasteiger partial charge >= 0.3 is 5.97 Å². The molecule has 3 aromatic rings. The maximum absolute atomic E-state index is 13.5. The molecule has 5 rings (SSSR count). The minimum atomic E-state index is -3.55. The molecule has 0 bridgehead atoms. The van der Waals surface area contributed by atoms with E-state index in [-0.39, 0.29) is 28.9 Å². The van der Waals surface area contributed by atoms with Gasteiger partial charge in [0.25, 0.3) is 5.91 Å². The van der Waals surface area contributed by atoms with Crippen molar-refractivity contribution in [2.45, 2.75) is 75.9 Å². The lowest BCUT2D eigenvalue weighted by Gasteiger charge is -2.22. The van der Waals surface area contributed by atoms with Crippen LogP contribution in [-0.2, 0) is 21.2 Å². The normalized spacial score (nSPS) is 18.3. The van der Waals surface area contributed by atoms with Crippen LogP contribution < -0.4 is 20.7 Å². The third-order valence-corrected chi connectivity index (χ3v) is 9.74. The summed E-state index contributed by atoms with van der Waals surface area (Å²) in [4.78, 5) is 35.8. The number of fused-ring (bicyclic) bond motifs is 1. The Balaban J connectivity index is 1.44. The zero-order valence-electron chi connectivity index (χ0n) is 24.7. The Bertz CT molecular complexity index is 1680. The number of benzene rings is 2. The number of anilines is 4. The highest BCUT2D eigenvalue weighted by atomic mass is 32.2. The second-order valence-electron chi connectivity index (χ2n) is 11.4. The monoisotopic (exact) mass is 608 g/mol. The summed E-state index contributed by atoms with van der Waals surface area (Å²) in [5, 5.41) is 18.1. The number of rotatable bonds is 10. The summed E-state index contributed by atoms with van der Waals surface area (Å²) in [6, 6.07) is 9.31. The first-order chi connectivity index (χ1) is 20.3. The Morgan fingerprint density at radius 1 is 1.14 bits per heavy atom. The van der Waals surface area contributed by atoms with Crippen LogP contribution in [0.5, 0.6) is 5.75 Å². The molecule has 4 N–H and O–H groups in total. The van der Waals surface area contributed by atoms with Gasteiger partial charge in [0.2, 0.25) is 5.95 Å². The second-order valence-corrected chi connectivity index (χ2v) is 13.8. The number of carboxylic acid groups (broad SMARTS) is 1. The molecule has 43 heavy (non-hydrogen) atoms. The van der Waals surface area contributed by atoms with Crippen molar-refractivity contribution >= 4 is 44.9 Å². The van der Waals surface area contributed by atoms with Crippen LogP contribution >= 0.6 is 0 Å². The number of carbonyl (C=O) groups is 2. The Morgan fingerprint density at radius 2 is 1.88 bits per heavy atom. The van der Waals surface area contributed by atoms with Gasteiger partial charge in [-0.1, -0.05) is 12.1 Å². The molecule has 228 valence electrons. The fraction of sp³-hybridized carbons (Fsp3) is 0.400. The topological polar surface area (TPSA) is 163 Å². The Morgan fingerprint density at radius 3 is 2.56 bits per heavy atom. The van der Waals surface area contributed by atoms with E-state index in [1.807, 2.05) is 26.8 Å². The van der Waals surface area contributed by atoms with E-state index in [4.69, 9.17) is 4.74 Å². The largest absolute Gasteiger partial charge is 0.489 e. The number of aliphatic carboxylic acids is 1. The van der Waals surface area contributed by atoms with Crippen LogP contribution in [0.4, 0.5) is 23.1 Å². The molecule has 3 heterocycles. The average Bonchev–Trinajstić information content (AvgIpc) is 3.56. The van der Waals surface area contributed by atoms with Crippen molar-refractivity contribution in [1.82, 2.24) is 20.2 Å². The summed E-state index contributed by atoms with van der Waals surface area (Å²) >= 11 is 0. The molecule has 2 aliphatic rings. The van der Waals surface area contributed by atoms with Gasteiger partial charge in [-0.05, 0) is 70.9 Å². The van der Waals surface area contributed by atoms with Crippen LogP contribution in [0.15, 0.2) is 47.5 Å². The summed E-state index contributed by atoms with van der Waals surface area (Å²) < 4.78 is 32.0. The van der Waals surface area contributed by atoms with Crippen molar-refractivity contribution in [2.75, 3.05) is 17.2 Å². The molecule has 0 unspecified atom stereocenters. The Kier molecular flexibility index (Phi) is 8.30. The number of amides is 1. The molecule has 1 amide bonds. The molecular weight excluding hydrogens is 572 g/mol. The van der Waals surface area contributed by atoms with Crippen LogP contribution in [-0.4, -0.2) is 70.3 Å². The highest BCUT2D eigenvalue weighted by molar-refractivity contribution is 7.92. The van der Waals surface area contributed by atoms with Crippen LogP contribution in [0.2, 0.25) is 0 Å². The van der Waals surface area contributed by atoms with Gasteiger partial charge in [0.05, 0.1) is 27.6 Å². The highest BCUT2D eigenvalue weighted by Crippen LogP contribution is 2.37. The first kappa shape index (κ1) is 30.2. The molecule has 0 aliphatic carbocycles. The zero-order chi connectivity index (χ0) is 31.1. The fourth-order valence-electron chi connectivity index (χ4n) is 5.20. The number of ether oxygens (including phenoxy) is 1. The molecule has 1 aromatic heterocycles. The smallest absolute Gasteiger partial charge is 0.320 e. The summed E-state index contributed by atoms with van der Waals surface area (Å²) in [6.45, 7) is 9.66. The first-order valence-corrected chi connectivity index (χ1v) is 15.7. The van der Waals surface area contributed by atoms with Crippen molar-refractivity contribution in [3.05, 3.63) is 59.3 Å². The number of carboxylic acids is 1. The molecule has 0 saturated carbocycles. The number of nitrogens with one attached hydrogen (secondary N) is 3. The summed E-state index contributed by atoms with van der Waals surface area (Å²) in [5.74, 6) is 0.0473. The standard InChI is InChI=1S/C30H36N6O6S/c1-16(2)42-25-10-19-15-36(20-11-24(29(38)39)31-14-20)28(37)21(19)12-23(25)34-30-32-13-18(5)27(35-30)33-22-8-6-7-9-26(22)43(40,41)17(3)4/h6-10,12-13,16-17,20,24,31H,11,14-15H2,1-5H3,(H,38,39)(H2,32,33,34,35)/t20-,24-/m0/s1. The van der Waals surface area contributed by atoms with Crippen molar-refractivity contribution < 1.29 is 27.9 Å². The molecule has 0 radical (unpaired) electrons. The molecule has 2 aromatic carbocycles. The van der Waals surface area contributed by atoms with E-state index in [9.17, 15) is 23.1 Å². The van der Waals surface area contributed by atoms with E-state index in [1.165, 1.54) is 0 Å². The predicted molar refractivity (Wildman–Crippen MR) is 162 cm³/mol. The maximum atomic E-state index is 13.5. The number of para-hydroxylation sites is 1. The molecular formula is C30H36N6O6S. The van der Waals surface area contributed by atoms with E-state index in [1.54, 1.807) is 55.3 Å². The van der Waals surface area contributed by atoms with E-state index >= 15 is 0 Å². The minimum absolute atomic E-state index is 0.155. The highest BCUT2D eigenvalue weighted by Gasteiger charge is 2.39.